The average molecular weight is 243 g/mol. The fraction of sp³-hybridized carbons (Fsp3) is 0.500. The van der Waals surface area contributed by atoms with Gasteiger partial charge in [-0.3, -0.25) is 9.88 Å². The zero-order valence-electron chi connectivity index (χ0n) is 8.13. The lowest BCUT2D eigenvalue weighted by molar-refractivity contribution is 0.292. The van der Waals surface area contributed by atoms with Crippen molar-refractivity contribution in [2.45, 2.75) is 20.4 Å². The van der Waals surface area contributed by atoms with Gasteiger partial charge in [0.1, 0.15) is 0 Å². The molecule has 0 N–H and O–H groups in total. The summed E-state index contributed by atoms with van der Waals surface area (Å²) < 4.78 is 1.04. The summed E-state index contributed by atoms with van der Waals surface area (Å²) in [5.74, 6) is 0. The zero-order chi connectivity index (χ0) is 9.68. The predicted octanol–water partition coefficient (Wildman–Crippen LogP) is 2.69. The second-order valence-corrected chi connectivity index (χ2v) is 3.84. The van der Waals surface area contributed by atoms with Crippen molar-refractivity contribution in [2.75, 3.05) is 13.1 Å². The summed E-state index contributed by atoms with van der Waals surface area (Å²) in [5, 5.41) is 0. The first-order chi connectivity index (χ1) is 6.26. The number of aromatic nitrogens is 1. The number of rotatable bonds is 4. The van der Waals surface area contributed by atoms with E-state index in [0.29, 0.717) is 0 Å². The molecular weight excluding hydrogens is 228 g/mol. The molecule has 0 saturated heterocycles. The standard InChI is InChI=1S/C10H15BrN2/c1-3-13(4-2)8-10-6-5-9(11)7-12-10/h5-7H,3-4,8H2,1-2H3. The highest BCUT2D eigenvalue weighted by Gasteiger charge is 2.01. The Labute approximate surface area is 88.1 Å². The van der Waals surface area contributed by atoms with Gasteiger partial charge in [0.15, 0.2) is 0 Å². The Morgan fingerprint density at radius 1 is 1.31 bits per heavy atom. The lowest BCUT2D eigenvalue weighted by Crippen LogP contribution is -2.22. The van der Waals surface area contributed by atoms with Crippen LogP contribution in [0.2, 0.25) is 0 Å². The first-order valence-corrected chi connectivity index (χ1v) is 5.38. The van der Waals surface area contributed by atoms with Crippen LogP contribution < -0.4 is 0 Å². The van der Waals surface area contributed by atoms with Crippen LogP contribution in [0.3, 0.4) is 0 Å². The molecule has 0 aliphatic heterocycles. The second-order valence-electron chi connectivity index (χ2n) is 2.93. The third kappa shape index (κ3) is 3.44. The number of halogens is 1. The van der Waals surface area contributed by atoms with Crippen molar-refractivity contribution in [3.63, 3.8) is 0 Å². The number of pyridine rings is 1. The maximum Gasteiger partial charge on any atom is 0.0544 e. The molecular formula is C10H15BrN2. The van der Waals surface area contributed by atoms with Gasteiger partial charge in [-0.2, -0.15) is 0 Å². The fourth-order valence-corrected chi connectivity index (χ4v) is 1.41. The highest BCUT2D eigenvalue weighted by Crippen LogP contribution is 2.08. The zero-order valence-corrected chi connectivity index (χ0v) is 9.71. The maximum atomic E-state index is 4.33. The minimum Gasteiger partial charge on any atom is -0.298 e. The molecule has 2 nitrogen and oxygen atoms in total. The predicted molar refractivity (Wildman–Crippen MR) is 58.6 cm³/mol. The van der Waals surface area contributed by atoms with Crippen LogP contribution in [0.1, 0.15) is 19.5 Å². The Morgan fingerprint density at radius 3 is 2.46 bits per heavy atom. The molecule has 1 heterocycles. The number of hydrogen-bond donors (Lipinski definition) is 0. The van der Waals surface area contributed by atoms with Crippen LogP contribution in [0.25, 0.3) is 0 Å². The van der Waals surface area contributed by atoms with Crippen molar-refractivity contribution >= 4 is 15.9 Å². The van der Waals surface area contributed by atoms with E-state index in [4.69, 9.17) is 0 Å². The van der Waals surface area contributed by atoms with Crippen LogP contribution in [0.4, 0.5) is 0 Å². The Balaban J connectivity index is 2.58. The van der Waals surface area contributed by atoms with Crippen molar-refractivity contribution in [1.29, 1.82) is 0 Å². The van der Waals surface area contributed by atoms with Crippen molar-refractivity contribution in [3.8, 4) is 0 Å². The van der Waals surface area contributed by atoms with Gasteiger partial charge in [0, 0.05) is 17.2 Å². The van der Waals surface area contributed by atoms with Crippen LogP contribution in [-0.4, -0.2) is 23.0 Å². The van der Waals surface area contributed by atoms with E-state index >= 15 is 0 Å². The Morgan fingerprint density at radius 2 is 2.00 bits per heavy atom. The van der Waals surface area contributed by atoms with Gasteiger partial charge in [0.25, 0.3) is 0 Å². The highest BCUT2D eigenvalue weighted by atomic mass is 79.9. The van der Waals surface area contributed by atoms with Crippen LogP contribution in [0.5, 0.6) is 0 Å². The lowest BCUT2D eigenvalue weighted by atomic mass is 10.3. The van der Waals surface area contributed by atoms with E-state index in [9.17, 15) is 0 Å². The smallest absolute Gasteiger partial charge is 0.0544 e. The summed E-state index contributed by atoms with van der Waals surface area (Å²) in [6.07, 6.45) is 1.85. The van der Waals surface area contributed by atoms with Crippen LogP contribution in [-0.2, 0) is 6.54 Å². The molecule has 0 aliphatic carbocycles. The molecule has 0 saturated carbocycles. The van der Waals surface area contributed by atoms with E-state index in [1.54, 1.807) is 0 Å². The summed E-state index contributed by atoms with van der Waals surface area (Å²) in [5.41, 5.74) is 1.13. The molecule has 0 atom stereocenters. The van der Waals surface area contributed by atoms with E-state index in [1.807, 2.05) is 12.3 Å². The molecule has 1 aromatic rings. The van der Waals surface area contributed by atoms with E-state index in [2.05, 4.69) is 45.7 Å². The Kier molecular flexibility index (Phi) is 4.39. The van der Waals surface area contributed by atoms with Gasteiger partial charge in [0.2, 0.25) is 0 Å². The quantitative estimate of drug-likeness (QED) is 0.808. The van der Waals surface area contributed by atoms with Gasteiger partial charge in [-0.25, -0.2) is 0 Å². The van der Waals surface area contributed by atoms with E-state index in [1.165, 1.54) is 0 Å². The van der Waals surface area contributed by atoms with Crippen LogP contribution in [0, 0.1) is 0 Å². The van der Waals surface area contributed by atoms with E-state index in [0.717, 1.165) is 29.8 Å². The topological polar surface area (TPSA) is 16.1 Å². The summed E-state index contributed by atoms with van der Waals surface area (Å²) in [4.78, 5) is 6.67. The van der Waals surface area contributed by atoms with Crippen molar-refractivity contribution in [2.24, 2.45) is 0 Å². The van der Waals surface area contributed by atoms with Crippen molar-refractivity contribution in [1.82, 2.24) is 9.88 Å². The second kappa shape index (κ2) is 5.35. The Hall–Kier alpha value is -0.410. The van der Waals surface area contributed by atoms with Crippen molar-refractivity contribution in [3.05, 3.63) is 28.5 Å². The molecule has 3 heteroatoms. The summed E-state index contributed by atoms with van der Waals surface area (Å²) in [7, 11) is 0. The molecule has 13 heavy (non-hydrogen) atoms. The molecule has 0 bridgehead atoms. The molecule has 1 rings (SSSR count). The normalized spacial score (nSPS) is 10.8. The Bertz CT molecular complexity index is 242. The van der Waals surface area contributed by atoms with Gasteiger partial charge in [-0.15, -0.1) is 0 Å². The largest absolute Gasteiger partial charge is 0.298 e. The third-order valence-electron chi connectivity index (χ3n) is 2.07. The minimum absolute atomic E-state index is 0.945. The minimum atomic E-state index is 0.945. The van der Waals surface area contributed by atoms with Gasteiger partial charge in [-0.1, -0.05) is 13.8 Å². The average Bonchev–Trinajstić information content (AvgIpc) is 2.17. The SMILES string of the molecule is CCN(CC)Cc1ccc(Br)cn1. The van der Waals surface area contributed by atoms with Gasteiger partial charge in [0.05, 0.1) is 5.69 Å². The highest BCUT2D eigenvalue weighted by molar-refractivity contribution is 9.10. The maximum absolute atomic E-state index is 4.33. The van der Waals surface area contributed by atoms with Gasteiger partial charge < -0.3 is 0 Å². The van der Waals surface area contributed by atoms with Crippen LogP contribution in [0.15, 0.2) is 22.8 Å². The van der Waals surface area contributed by atoms with Gasteiger partial charge in [-0.05, 0) is 41.2 Å². The lowest BCUT2D eigenvalue weighted by Gasteiger charge is -2.16. The molecule has 0 aliphatic rings. The summed E-state index contributed by atoms with van der Waals surface area (Å²) in [6, 6.07) is 4.09. The monoisotopic (exact) mass is 242 g/mol. The summed E-state index contributed by atoms with van der Waals surface area (Å²) in [6.45, 7) is 7.44. The molecule has 0 aromatic carbocycles. The van der Waals surface area contributed by atoms with E-state index < -0.39 is 0 Å². The first-order valence-electron chi connectivity index (χ1n) is 4.59. The molecule has 0 unspecified atom stereocenters. The molecule has 0 fully saturated rings. The molecule has 0 spiro atoms. The molecule has 0 amide bonds. The first kappa shape index (κ1) is 10.7. The van der Waals surface area contributed by atoms with E-state index in [-0.39, 0.29) is 0 Å². The van der Waals surface area contributed by atoms with Gasteiger partial charge >= 0.3 is 0 Å². The number of nitrogens with zero attached hydrogens (tertiary/aromatic N) is 2. The molecule has 0 radical (unpaired) electrons. The third-order valence-corrected chi connectivity index (χ3v) is 2.54. The number of hydrogen-bond acceptors (Lipinski definition) is 2. The fourth-order valence-electron chi connectivity index (χ4n) is 1.18. The summed E-state index contributed by atoms with van der Waals surface area (Å²) >= 11 is 3.37. The van der Waals surface area contributed by atoms with Crippen LogP contribution >= 0.6 is 15.9 Å². The molecule has 1 aromatic heterocycles. The van der Waals surface area contributed by atoms with Crippen molar-refractivity contribution < 1.29 is 0 Å². The molecule has 72 valence electrons.